The number of likely N-dealkylation sites (tertiary alicyclic amines) is 1. The van der Waals surface area contributed by atoms with E-state index >= 15 is 0 Å². The smallest absolute Gasteiger partial charge is 0.237 e. The van der Waals surface area contributed by atoms with Crippen molar-refractivity contribution in [3.8, 4) is 0 Å². The lowest BCUT2D eigenvalue weighted by Crippen LogP contribution is -2.61. The van der Waals surface area contributed by atoms with Gasteiger partial charge in [0, 0.05) is 48.0 Å². The van der Waals surface area contributed by atoms with E-state index in [1.165, 1.54) is 9.75 Å². The second-order valence-electron chi connectivity index (χ2n) is 8.64. The first-order valence-corrected chi connectivity index (χ1v) is 11.1. The molecule has 1 fully saturated rings. The Balaban J connectivity index is 1.45. The van der Waals surface area contributed by atoms with Crippen LogP contribution in [0.25, 0.3) is 0 Å². The van der Waals surface area contributed by atoms with Gasteiger partial charge in [-0.25, -0.2) is 4.98 Å². The SMILES string of the molecule is Cc1ccc(CN2CCC3(CC2)N[C@H](C(=O)NCC(C)C)Cc2[nH]cnc23)s1. The maximum absolute atomic E-state index is 12.8. The first kappa shape index (κ1) is 19.6. The number of hydrogen-bond acceptors (Lipinski definition) is 5. The third kappa shape index (κ3) is 4.02. The van der Waals surface area contributed by atoms with Gasteiger partial charge in [-0.3, -0.25) is 15.0 Å². The first-order valence-electron chi connectivity index (χ1n) is 10.3. The van der Waals surface area contributed by atoms with E-state index in [0.29, 0.717) is 18.9 Å². The van der Waals surface area contributed by atoms with Gasteiger partial charge in [0.15, 0.2) is 0 Å². The normalized spacial score (nSPS) is 21.8. The molecule has 4 heterocycles. The van der Waals surface area contributed by atoms with Crippen LogP contribution in [0.15, 0.2) is 18.5 Å². The highest BCUT2D eigenvalue weighted by atomic mass is 32.1. The van der Waals surface area contributed by atoms with Crippen molar-refractivity contribution in [3.63, 3.8) is 0 Å². The minimum absolute atomic E-state index is 0.102. The van der Waals surface area contributed by atoms with Crippen LogP contribution in [0.3, 0.4) is 0 Å². The van der Waals surface area contributed by atoms with Gasteiger partial charge in [-0.2, -0.15) is 0 Å². The third-order valence-corrected chi connectivity index (χ3v) is 6.90. The second kappa shape index (κ2) is 7.97. The van der Waals surface area contributed by atoms with Crippen molar-refractivity contribution >= 4 is 17.2 Å². The highest BCUT2D eigenvalue weighted by molar-refractivity contribution is 7.11. The topological polar surface area (TPSA) is 73.1 Å². The fourth-order valence-corrected chi connectivity index (χ4v) is 5.33. The Morgan fingerprint density at radius 3 is 2.86 bits per heavy atom. The van der Waals surface area contributed by atoms with Crippen LogP contribution in [-0.2, 0) is 23.3 Å². The van der Waals surface area contributed by atoms with Crippen LogP contribution >= 0.6 is 11.3 Å². The molecule has 0 aromatic carbocycles. The molecule has 0 radical (unpaired) electrons. The number of nitrogens with one attached hydrogen (secondary N) is 3. The van der Waals surface area contributed by atoms with E-state index in [2.05, 4.69) is 58.4 Å². The molecule has 2 aromatic heterocycles. The highest BCUT2D eigenvalue weighted by Crippen LogP contribution is 2.38. The van der Waals surface area contributed by atoms with Crippen molar-refractivity contribution in [2.24, 2.45) is 5.92 Å². The molecule has 2 aliphatic rings. The Morgan fingerprint density at radius 2 is 2.18 bits per heavy atom. The number of hydrogen-bond donors (Lipinski definition) is 3. The zero-order valence-corrected chi connectivity index (χ0v) is 17.9. The summed E-state index contributed by atoms with van der Waals surface area (Å²) >= 11 is 1.88. The van der Waals surface area contributed by atoms with Crippen LogP contribution in [0.4, 0.5) is 0 Å². The summed E-state index contributed by atoms with van der Waals surface area (Å²) in [4.78, 5) is 26.0. The van der Waals surface area contributed by atoms with Crippen molar-refractivity contribution in [2.75, 3.05) is 19.6 Å². The van der Waals surface area contributed by atoms with Crippen LogP contribution in [0, 0.1) is 12.8 Å². The van der Waals surface area contributed by atoms with Gasteiger partial charge < -0.3 is 10.3 Å². The van der Waals surface area contributed by atoms with Crippen molar-refractivity contribution in [3.05, 3.63) is 39.6 Å². The van der Waals surface area contributed by atoms with Gasteiger partial charge in [-0.1, -0.05) is 13.8 Å². The standard InChI is InChI=1S/C21H31N5OS/c1-14(2)11-22-20(27)18-10-17-19(24-13-23-17)21(25-18)6-8-26(9-7-21)12-16-5-4-15(3)28-16/h4-5,13-14,18,25H,6-12H2,1-3H3,(H,22,27)(H,23,24)/t18-/m0/s1. The summed E-state index contributed by atoms with van der Waals surface area (Å²) in [5.74, 6) is 0.554. The predicted molar refractivity (Wildman–Crippen MR) is 112 cm³/mol. The van der Waals surface area contributed by atoms with E-state index in [-0.39, 0.29) is 17.5 Å². The molecule has 6 nitrogen and oxygen atoms in total. The molecule has 0 unspecified atom stereocenters. The van der Waals surface area contributed by atoms with Crippen LogP contribution < -0.4 is 10.6 Å². The summed E-state index contributed by atoms with van der Waals surface area (Å²) in [6.45, 7) is 10.2. The van der Waals surface area contributed by atoms with Crippen LogP contribution in [0.2, 0.25) is 0 Å². The van der Waals surface area contributed by atoms with E-state index < -0.39 is 0 Å². The number of nitrogens with zero attached hydrogens (tertiary/aromatic N) is 2. The van der Waals surface area contributed by atoms with Gasteiger partial charge in [0.25, 0.3) is 0 Å². The first-order chi connectivity index (χ1) is 13.4. The van der Waals surface area contributed by atoms with Gasteiger partial charge >= 0.3 is 0 Å². The Morgan fingerprint density at radius 1 is 1.39 bits per heavy atom. The minimum atomic E-state index is -0.199. The number of thiophene rings is 1. The summed E-state index contributed by atoms with van der Waals surface area (Å²) in [7, 11) is 0. The Bertz CT molecular complexity index is 818. The fraction of sp³-hybridized carbons (Fsp3) is 0.619. The number of piperidine rings is 1. The van der Waals surface area contributed by atoms with E-state index in [0.717, 1.165) is 43.9 Å². The van der Waals surface area contributed by atoms with Crippen LogP contribution in [-0.4, -0.2) is 46.5 Å². The lowest BCUT2D eigenvalue weighted by molar-refractivity contribution is -0.124. The monoisotopic (exact) mass is 401 g/mol. The molecule has 0 saturated carbocycles. The molecule has 1 saturated heterocycles. The maximum atomic E-state index is 12.8. The summed E-state index contributed by atoms with van der Waals surface area (Å²) in [5.41, 5.74) is 2.03. The van der Waals surface area contributed by atoms with Crippen molar-refractivity contribution in [1.29, 1.82) is 0 Å². The molecule has 7 heteroatoms. The summed E-state index contributed by atoms with van der Waals surface area (Å²) in [5, 5.41) is 6.80. The number of rotatable bonds is 5. The molecular weight excluding hydrogens is 370 g/mol. The summed E-state index contributed by atoms with van der Waals surface area (Å²) in [6, 6.07) is 4.24. The molecule has 0 bridgehead atoms. The predicted octanol–water partition coefficient (Wildman–Crippen LogP) is 2.56. The number of fused-ring (bicyclic) bond motifs is 2. The third-order valence-electron chi connectivity index (χ3n) is 5.92. The van der Waals surface area contributed by atoms with Gasteiger partial charge in [-0.05, 0) is 37.8 Å². The number of aromatic nitrogens is 2. The molecule has 152 valence electrons. The molecule has 4 rings (SSSR count). The zero-order chi connectivity index (χ0) is 19.7. The number of amides is 1. The number of aromatic amines is 1. The molecule has 1 atom stereocenters. The van der Waals surface area contributed by atoms with Gasteiger partial charge in [-0.15, -0.1) is 11.3 Å². The van der Waals surface area contributed by atoms with Crippen molar-refractivity contribution in [2.45, 2.75) is 58.2 Å². The van der Waals surface area contributed by atoms with E-state index in [9.17, 15) is 4.79 Å². The number of aryl methyl sites for hydroxylation is 1. The molecule has 1 spiro atoms. The van der Waals surface area contributed by atoms with E-state index in [1.807, 2.05) is 11.3 Å². The second-order valence-corrected chi connectivity index (χ2v) is 10.0. The van der Waals surface area contributed by atoms with Gasteiger partial charge in [0.1, 0.15) is 0 Å². The summed E-state index contributed by atoms with van der Waals surface area (Å²) < 4.78 is 0. The van der Waals surface area contributed by atoms with E-state index in [4.69, 9.17) is 0 Å². The Hall–Kier alpha value is -1.70. The molecule has 2 aliphatic heterocycles. The lowest BCUT2D eigenvalue weighted by atomic mass is 9.78. The average molecular weight is 402 g/mol. The fourth-order valence-electron chi connectivity index (χ4n) is 4.40. The van der Waals surface area contributed by atoms with Crippen molar-refractivity contribution in [1.82, 2.24) is 25.5 Å². The Kier molecular flexibility index (Phi) is 5.58. The summed E-state index contributed by atoms with van der Waals surface area (Å²) in [6.07, 6.45) is 4.41. The number of H-pyrrole nitrogens is 1. The number of carbonyl (C=O) groups is 1. The largest absolute Gasteiger partial charge is 0.354 e. The van der Waals surface area contributed by atoms with Crippen molar-refractivity contribution < 1.29 is 4.79 Å². The van der Waals surface area contributed by atoms with Crippen LogP contribution in [0.1, 0.15) is 47.8 Å². The molecule has 3 N–H and O–H groups in total. The van der Waals surface area contributed by atoms with E-state index in [1.54, 1.807) is 6.33 Å². The van der Waals surface area contributed by atoms with Gasteiger partial charge in [0.2, 0.25) is 5.91 Å². The molecule has 1 amide bonds. The molecule has 0 aliphatic carbocycles. The highest BCUT2D eigenvalue weighted by Gasteiger charge is 2.45. The maximum Gasteiger partial charge on any atom is 0.237 e. The quantitative estimate of drug-likeness (QED) is 0.720. The Labute approximate surface area is 171 Å². The zero-order valence-electron chi connectivity index (χ0n) is 17.0. The number of carbonyl (C=O) groups excluding carboxylic acids is 1. The molecule has 28 heavy (non-hydrogen) atoms. The van der Waals surface area contributed by atoms with Gasteiger partial charge in [0.05, 0.1) is 23.6 Å². The molecule has 2 aromatic rings. The van der Waals surface area contributed by atoms with Crippen LogP contribution in [0.5, 0.6) is 0 Å². The molecular formula is C21H31N5OS. The lowest BCUT2D eigenvalue weighted by Gasteiger charge is -2.46. The average Bonchev–Trinajstić information content (AvgIpc) is 3.31. The minimum Gasteiger partial charge on any atom is -0.354 e. The number of imidazole rings is 1.